The van der Waals surface area contributed by atoms with E-state index in [1.165, 1.54) is 35.2 Å². The fourth-order valence-corrected chi connectivity index (χ4v) is 6.78. The molecule has 1 atom stereocenters. The van der Waals surface area contributed by atoms with Crippen LogP contribution in [0, 0.1) is 5.92 Å². The third kappa shape index (κ3) is 6.56. The summed E-state index contributed by atoms with van der Waals surface area (Å²) in [5.41, 5.74) is 8.48. The lowest BCUT2D eigenvalue weighted by Crippen LogP contribution is -2.33. The Morgan fingerprint density at radius 2 is 1.82 bits per heavy atom. The number of nitrogens with zero attached hydrogens (tertiary/aromatic N) is 2. The van der Waals surface area contributed by atoms with Crippen molar-refractivity contribution in [2.75, 3.05) is 36.8 Å². The molecule has 5 aromatic rings. The highest BCUT2D eigenvalue weighted by molar-refractivity contribution is 6.05. The minimum atomic E-state index is -0.127. The summed E-state index contributed by atoms with van der Waals surface area (Å²) in [5, 5.41) is 12.1. The van der Waals surface area contributed by atoms with E-state index in [0.29, 0.717) is 12.1 Å². The molecule has 1 aliphatic heterocycles. The number of aryl methyl sites for hydroxylation is 1. The van der Waals surface area contributed by atoms with Crippen LogP contribution in [0.2, 0.25) is 0 Å². The summed E-state index contributed by atoms with van der Waals surface area (Å²) in [6.07, 6.45) is 8.18. The molecule has 2 aliphatic rings. The maximum absolute atomic E-state index is 13.0. The summed E-state index contributed by atoms with van der Waals surface area (Å²) < 4.78 is 0. The Bertz CT molecular complexity index is 1830. The standard InChI is InChI=1S/C37H40N6O2/c44-36(40-19-5-18-39-35-30-6-1-3-8-33(30)42-34-9-4-2-7-31(34)35)28-17-21-43(24-28)23-25-10-12-26(13-11-25)37(45)41-29-14-15-32-27(22-29)16-20-38-32/h1,3,6,8,10-16,20,22,28,38H,2,4-5,7,9,17-19,21,23-24H2,(H,39,42)(H,40,44)(H,41,45). The zero-order chi connectivity index (χ0) is 30.6. The van der Waals surface area contributed by atoms with Crippen LogP contribution in [-0.2, 0) is 24.2 Å². The molecule has 230 valence electrons. The Balaban J connectivity index is 0.853. The summed E-state index contributed by atoms with van der Waals surface area (Å²) >= 11 is 0. The van der Waals surface area contributed by atoms with E-state index < -0.39 is 0 Å². The van der Waals surface area contributed by atoms with Gasteiger partial charge in [0, 0.05) is 71.3 Å². The van der Waals surface area contributed by atoms with Gasteiger partial charge in [-0.2, -0.15) is 0 Å². The molecule has 1 fully saturated rings. The van der Waals surface area contributed by atoms with Gasteiger partial charge in [-0.3, -0.25) is 19.5 Å². The number of fused-ring (bicyclic) bond motifs is 3. The Morgan fingerprint density at radius 3 is 2.73 bits per heavy atom. The van der Waals surface area contributed by atoms with Crippen LogP contribution in [0.1, 0.15) is 52.9 Å². The molecule has 2 aromatic heterocycles. The van der Waals surface area contributed by atoms with Crippen LogP contribution < -0.4 is 16.0 Å². The lowest BCUT2D eigenvalue weighted by Gasteiger charge is -2.21. The summed E-state index contributed by atoms with van der Waals surface area (Å²) in [5.74, 6) is 0.0312. The van der Waals surface area contributed by atoms with Gasteiger partial charge in [0.05, 0.1) is 11.4 Å². The minimum Gasteiger partial charge on any atom is -0.384 e. The van der Waals surface area contributed by atoms with Gasteiger partial charge < -0.3 is 20.9 Å². The smallest absolute Gasteiger partial charge is 0.255 e. The van der Waals surface area contributed by atoms with Gasteiger partial charge in [0.2, 0.25) is 5.91 Å². The van der Waals surface area contributed by atoms with Crippen molar-refractivity contribution in [1.82, 2.24) is 20.2 Å². The summed E-state index contributed by atoms with van der Waals surface area (Å²) in [4.78, 5) is 36.2. The highest BCUT2D eigenvalue weighted by Crippen LogP contribution is 2.33. The molecule has 0 radical (unpaired) electrons. The molecule has 1 aliphatic carbocycles. The van der Waals surface area contributed by atoms with Gasteiger partial charge in [0.15, 0.2) is 0 Å². The molecular formula is C37H40N6O2. The van der Waals surface area contributed by atoms with E-state index in [0.717, 1.165) is 79.5 Å². The maximum atomic E-state index is 13.0. The van der Waals surface area contributed by atoms with Gasteiger partial charge in [0.1, 0.15) is 0 Å². The molecule has 2 amide bonds. The van der Waals surface area contributed by atoms with Crippen molar-refractivity contribution in [2.45, 2.75) is 45.1 Å². The van der Waals surface area contributed by atoms with E-state index in [2.05, 4.69) is 50.1 Å². The molecule has 8 nitrogen and oxygen atoms in total. The fourth-order valence-electron chi connectivity index (χ4n) is 6.78. The molecule has 3 aromatic carbocycles. The third-order valence-electron chi connectivity index (χ3n) is 9.20. The first-order valence-electron chi connectivity index (χ1n) is 16.2. The molecule has 0 saturated carbocycles. The number of benzene rings is 3. The lowest BCUT2D eigenvalue weighted by atomic mass is 9.92. The van der Waals surface area contributed by atoms with E-state index >= 15 is 0 Å². The van der Waals surface area contributed by atoms with Gasteiger partial charge in [-0.05, 0) is 98.7 Å². The largest absolute Gasteiger partial charge is 0.384 e. The van der Waals surface area contributed by atoms with Crippen molar-refractivity contribution >= 4 is 45.0 Å². The number of anilines is 2. The first-order valence-corrected chi connectivity index (χ1v) is 16.2. The third-order valence-corrected chi connectivity index (χ3v) is 9.20. The second kappa shape index (κ2) is 13.1. The first-order chi connectivity index (χ1) is 22.1. The van der Waals surface area contributed by atoms with Crippen LogP contribution in [-0.4, -0.2) is 52.9 Å². The monoisotopic (exact) mass is 600 g/mol. The van der Waals surface area contributed by atoms with E-state index in [-0.39, 0.29) is 17.7 Å². The fraction of sp³-hybridized carbons (Fsp3) is 0.324. The van der Waals surface area contributed by atoms with Gasteiger partial charge in [-0.1, -0.05) is 30.3 Å². The van der Waals surface area contributed by atoms with E-state index in [1.54, 1.807) is 0 Å². The highest BCUT2D eigenvalue weighted by atomic mass is 16.2. The second-order valence-electron chi connectivity index (χ2n) is 12.4. The minimum absolute atomic E-state index is 0.0107. The van der Waals surface area contributed by atoms with E-state index in [4.69, 9.17) is 4.98 Å². The number of carbonyl (C=O) groups is 2. The molecule has 0 spiro atoms. The molecule has 7 rings (SSSR count). The number of carbonyl (C=O) groups excluding carboxylic acids is 2. The topological polar surface area (TPSA) is 102 Å². The normalized spacial score (nSPS) is 16.5. The Kier molecular flexibility index (Phi) is 8.47. The van der Waals surface area contributed by atoms with Crippen molar-refractivity contribution in [1.29, 1.82) is 0 Å². The van der Waals surface area contributed by atoms with Crippen molar-refractivity contribution < 1.29 is 9.59 Å². The molecule has 45 heavy (non-hydrogen) atoms. The van der Waals surface area contributed by atoms with Crippen molar-refractivity contribution in [3.05, 3.63) is 101 Å². The Morgan fingerprint density at radius 1 is 0.956 bits per heavy atom. The van der Waals surface area contributed by atoms with Crippen LogP contribution in [0.5, 0.6) is 0 Å². The Labute approximate surface area is 263 Å². The number of para-hydroxylation sites is 1. The predicted octanol–water partition coefficient (Wildman–Crippen LogP) is 6.29. The molecule has 3 heterocycles. The number of aromatic nitrogens is 2. The van der Waals surface area contributed by atoms with Crippen LogP contribution >= 0.6 is 0 Å². The van der Waals surface area contributed by atoms with Gasteiger partial charge in [-0.25, -0.2) is 0 Å². The Hall–Kier alpha value is -4.69. The first kappa shape index (κ1) is 29.0. The van der Waals surface area contributed by atoms with Gasteiger partial charge in [0.25, 0.3) is 5.91 Å². The quantitative estimate of drug-likeness (QED) is 0.141. The summed E-state index contributed by atoms with van der Waals surface area (Å²) in [7, 11) is 0. The van der Waals surface area contributed by atoms with Crippen molar-refractivity contribution in [3.8, 4) is 0 Å². The molecule has 1 saturated heterocycles. The van der Waals surface area contributed by atoms with Gasteiger partial charge in [-0.15, -0.1) is 0 Å². The van der Waals surface area contributed by atoms with Crippen molar-refractivity contribution in [2.24, 2.45) is 5.92 Å². The number of H-pyrrole nitrogens is 1. The number of aromatic amines is 1. The highest BCUT2D eigenvalue weighted by Gasteiger charge is 2.28. The second-order valence-corrected chi connectivity index (χ2v) is 12.4. The van der Waals surface area contributed by atoms with E-state index in [9.17, 15) is 9.59 Å². The lowest BCUT2D eigenvalue weighted by molar-refractivity contribution is -0.124. The molecular weight excluding hydrogens is 560 g/mol. The van der Waals surface area contributed by atoms with Crippen LogP contribution in [0.4, 0.5) is 11.4 Å². The van der Waals surface area contributed by atoms with E-state index in [1.807, 2.05) is 54.7 Å². The average Bonchev–Trinajstić information content (AvgIpc) is 3.74. The molecule has 0 bridgehead atoms. The number of pyridine rings is 1. The van der Waals surface area contributed by atoms with Crippen molar-refractivity contribution in [3.63, 3.8) is 0 Å². The maximum Gasteiger partial charge on any atom is 0.255 e. The number of likely N-dealkylation sites (tertiary alicyclic amines) is 1. The molecule has 4 N–H and O–H groups in total. The zero-order valence-electron chi connectivity index (χ0n) is 25.6. The number of amides is 2. The SMILES string of the molecule is O=C(Nc1ccc2[nH]ccc2c1)c1ccc(CN2CCC(C(=O)NCCCNc3c4c(nc5ccccc35)CCCC4)C2)cc1. The van der Waals surface area contributed by atoms with Gasteiger partial charge >= 0.3 is 0 Å². The zero-order valence-corrected chi connectivity index (χ0v) is 25.6. The average molecular weight is 601 g/mol. The number of nitrogens with one attached hydrogen (secondary N) is 4. The summed E-state index contributed by atoms with van der Waals surface area (Å²) in [6, 6.07) is 24.0. The summed E-state index contributed by atoms with van der Waals surface area (Å²) in [6.45, 7) is 3.89. The van der Waals surface area contributed by atoms with Crippen LogP contribution in [0.3, 0.4) is 0 Å². The number of hydrogen-bond donors (Lipinski definition) is 4. The number of rotatable bonds is 10. The predicted molar refractivity (Wildman–Crippen MR) is 181 cm³/mol. The molecule has 1 unspecified atom stereocenters. The number of hydrogen-bond acceptors (Lipinski definition) is 5. The molecule has 8 heteroatoms. The van der Waals surface area contributed by atoms with Crippen LogP contribution in [0.25, 0.3) is 21.8 Å². The van der Waals surface area contributed by atoms with Crippen LogP contribution in [0.15, 0.2) is 79.0 Å².